The zero-order valence-corrected chi connectivity index (χ0v) is 14.8. The van der Waals surface area contributed by atoms with Crippen molar-refractivity contribution in [3.05, 3.63) is 28.6 Å². The van der Waals surface area contributed by atoms with E-state index < -0.39 is 11.5 Å². The number of nitrogens with one attached hydrogen (secondary N) is 1. The van der Waals surface area contributed by atoms with Crippen LogP contribution in [0.5, 0.6) is 0 Å². The summed E-state index contributed by atoms with van der Waals surface area (Å²) in [4.78, 5) is 12.2. The van der Waals surface area contributed by atoms with Crippen molar-refractivity contribution in [2.24, 2.45) is 13.0 Å². The molecule has 24 heavy (non-hydrogen) atoms. The summed E-state index contributed by atoms with van der Waals surface area (Å²) in [5.41, 5.74) is 0.791. The SMILES string of the molecule is CCC(C)C(C)(O)CNC(=O)C(C#N)=Cc1cc(C#N)n(C)c1C. The number of carbonyl (C=O) groups is 1. The van der Waals surface area contributed by atoms with Gasteiger partial charge in [-0.1, -0.05) is 20.3 Å². The van der Waals surface area contributed by atoms with Gasteiger partial charge in [-0.25, -0.2) is 0 Å². The van der Waals surface area contributed by atoms with Crippen LogP contribution in [0.4, 0.5) is 0 Å². The third-order valence-corrected chi connectivity index (χ3v) is 4.63. The van der Waals surface area contributed by atoms with E-state index in [2.05, 4.69) is 11.4 Å². The number of aliphatic hydroxyl groups is 1. The summed E-state index contributed by atoms with van der Waals surface area (Å²) in [5.74, 6) is -0.523. The first-order valence-electron chi connectivity index (χ1n) is 7.86. The summed E-state index contributed by atoms with van der Waals surface area (Å²) < 4.78 is 1.70. The molecule has 1 rings (SSSR count). The number of aromatic nitrogens is 1. The number of hydrogen-bond donors (Lipinski definition) is 2. The summed E-state index contributed by atoms with van der Waals surface area (Å²) in [6, 6.07) is 5.57. The molecule has 0 aromatic carbocycles. The molecule has 0 saturated heterocycles. The number of nitrogens with zero attached hydrogens (tertiary/aromatic N) is 3. The monoisotopic (exact) mass is 328 g/mol. The minimum atomic E-state index is -1.04. The number of nitriles is 2. The van der Waals surface area contributed by atoms with Gasteiger partial charge in [-0.15, -0.1) is 0 Å². The van der Waals surface area contributed by atoms with Crippen LogP contribution >= 0.6 is 0 Å². The lowest BCUT2D eigenvalue weighted by Gasteiger charge is -2.29. The van der Waals surface area contributed by atoms with Gasteiger partial charge in [0.15, 0.2) is 0 Å². The smallest absolute Gasteiger partial charge is 0.262 e. The Bertz CT molecular complexity index is 729. The number of hydrogen-bond acceptors (Lipinski definition) is 4. The Morgan fingerprint density at radius 2 is 2.17 bits per heavy atom. The first-order valence-corrected chi connectivity index (χ1v) is 7.86. The van der Waals surface area contributed by atoms with Gasteiger partial charge in [-0.05, 0) is 37.5 Å². The van der Waals surface area contributed by atoms with Crippen molar-refractivity contribution in [2.75, 3.05) is 6.54 Å². The Morgan fingerprint density at radius 3 is 2.62 bits per heavy atom. The lowest BCUT2D eigenvalue weighted by Crippen LogP contribution is -2.45. The van der Waals surface area contributed by atoms with Crippen LogP contribution in [0.3, 0.4) is 0 Å². The van der Waals surface area contributed by atoms with E-state index in [1.54, 1.807) is 24.6 Å². The number of carbonyl (C=O) groups excluding carboxylic acids is 1. The Balaban J connectivity index is 2.97. The van der Waals surface area contributed by atoms with E-state index in [1.807, 2.05) is 26.8 Å². The lowest BCUT2D eigenvalue weighted by atomic mass is 9.88. The molecule has 0 aliphatic heterocycles. The minimum Gasteiger partial charge on any atom is -0.388 e. The highest BCUT2D eigenvalue weighted by atomic mass is 16.3. The predicted octanol–water partition coefficient (Wildman–Crippen LogP) is 2.03. The molecule has 1 amide bonds. The molecule has 0 aliphatic rings. The van der Waals surface area contributed by atoms with Gasteiger partial charge in [0.2, 0.25) is 0 Å². The van der Waals surface area contributed by atoms with Crippen LogP contribution in [0.1, 0.15) is 44.1 Å². The normalized spacial score (nSPS) is 15.1. The van der Waals surface area contributed by atoms with E-state index in [1.165, 1.54) is 6.08 Å². The Morgan fingerprint density at radius 1 is 1.54 bits per heavy atom. The molecule has 1 heterocycles. The van der Waals surface area contributed by atoms with E-state index in [4.69, 9.17) is 5.26 Å². The predicted molar refractivity (Wildman–Crippen MR) is 91.5 cm³/mol. The van der Waals surface area contributed by atoms with E-state index in [0.29, 0.717) is 11.3 Å². The maximum atomic E-state index is 12.2. The third kappa shape index (κ3) is 4.24. The van der Waals surface area contributed by atoms with E-state index in [9.17, 15) is 15.2 Å². The van der Waals surface area contributed by atoms with E-state index in [0.717, 1.165) is 12.1 Å². The fourth-order valence-corrected chi connectivity index (χ4v) is 2.25. The van der Waals surface area contributed by atoms with Crippen molar-refractivity contribution in [3.63, 3.8) is 0 Å². The van der Waals surface area contributed by atoms with Gasteiger partial charge >= 0.3 is 0 Å². The largest absolute Gasteiger partial charge is 0.388 e. The first-order chi connectivity index (χ1) is 11.2. The summed E-state index contributed by atoms with van der Waals surface area (Å²) in [6.07, 6.45) is 2.24. The van der Waals surface area contributed by atoms with E-state index >= 15 is 0 Å². The van der Waals surface area contributed by atoms with Crippen LogP contribution in [0.25, 0.3) is 6.08 Å². The molecule has 0 aliphatic carbocycles. The molecule has 1 aromatic rings. The zero-order valence-electron chi connectivity index (χ0n) is 14.8. The minimum absolute atomic E-state index is 0.0156. The number of rotatable bonds is 6. The van der Waals surface area contributed by atoms with Gasteiger partial charge in [0, 0.05) is 19.3 Å². The molecule has 2 N–H and O–H groups in total. The summed E-state index contributed by atoms with van der Waals surface area (Å²) in [7, 11) is 1.75. The molecule has 0 radical (unpaired) electrons. The quantitative estimate of drug-likeness (QED) is 0.616. The van der Waals surface area contributed by atoms with E-state index in [-0.39, 0.29) is 18.0 Å². The molecule has 2 unspecified atom stereocenters. The lowest BCUT2D eigenvalue weighted by molar-refractivity contribution is -0.118. The highest BCUT2D eigenvalue weighted by Gasteiger charge is 2.28. The van der Waals surface area contributed by atoms with Crippen LogP contribution in [-0.4, -0.2) is 27.7 Å². The summed E-state index contributed by atoms with van der Waals surface area (Å²) >= 11 is 0. The molecule has 0 fully saturated rings. The molecule has 0 spiro atoms. The molecule has 1 aromatic heterocycles. The standard InChI is InChI=1S/C18H24N4O2/c1-6-12(2)18(4,24)11-21-17(23)15(9-19)7-14-8-16(10-20)22(5)13(14)3/h7-8,12,24H,6,11H2,1-5H3,(H,21,23). The zero-order chi connectivity index (χ0) is 18.5. The van der Waals surface area contributed by atoms with Crippen LogP contribution in [0, 0.1) is 35.5 Å². The van der Waals surface area contributed by atoms with Crippen molar-refractivity contribution in [3.8, 4) is 12.1 Å². The second-order valence-electron chi connectivity index (χ2n) is 6.26. The van der Waals surface area contributed by atoms with Gasteiger partial charge in [0.1, 0.15) is 23.4 Å². The average Bonchev–Trinajstić information content (AvgIpc) is 2.84. The molecule has 0 bridgehead atoms. The molecule has 128 valence electrons. The van der Waals surface area contributed by atoms with Crippen molar-refractivity contribution in [1.82, 2.24) is 9.88 Å². The van der Waals surface area contributed by atoms with Crippen molar-refractivity contribution in [1.29, 1.82) is 10.5 Å². The second-order valence-corrected chi connectivity index (χ2v) is 6.26. The molecule has 2 atom stereocenters. The van der Waals surface area contributed by atoms with Crippen molar-refractivity contribution >= 4 is 12.0 Å². The molecule has 0 saturated carbocycles. The maximum absolute atomic E-state index is 12.2. The Labute approximate surface area is 143 Å². The van der Waals surface area contributed by atoms with Crippen LogP contribution in [0.15, 0.2) is 11.6 Å². The van der Waals surface area contributed by atoms with Crippen LogP contribution < -0.4 is 5.32 Å². The topological polar surface area (TPSA) is 102 Å². The van der Waals surface area contributed by atoms with Gasteiger partial charge in [-0.2, -0.15) is 10.5 Å². The fraction of sp³-hybridized carbons (Fsp3) is 0.500. The number of amides is 1. The van der Waals surface area contributed by atoms with Crippen molar-refractivity contribution < 1.29 is 9.90 Å². The van der Waals surface area contributed by atoms with Gasteiger partial charge in [0.05, 0.1) is 5.60 Å². The van der Waals surface area contributed by atoms with Gasteiger partial charge in [-0.3, -0.25) is 4.79 Å². The van der Waals surface area contributed by atoms with Gasteiger partial charge in [0.25, 0.3) is 5.91 Å². The molecular weight excluding hydrogens is 304 g/mol. The molecule has 6 heteroatoms. The average molecular weight is 328 g/mol. The summed E-state index contributed by atoms with van der Waals surface area (Å²) in [6.45, 7) is 7.42. The van der Waals surface area contributed by atoms with Gasteiger partial charge < -0.3 is 15.0 Å². The highest BCUT2D eigenvalue weighted by molar-refractivity contribution is 6.01. The maximum Gasteiger partial charge on any atom is 0.262 e. The second kappa shape index (κ2) is 7.81. The fourth-order valence-electron chi connectivity index (χ4n) is 2.25. The first kappa shape index (κ1) is 19.5. The van der Waals surface area contributed by atoms with Crippen LogP contribution in [0.2, 0.25) is 0 Å². The highest BCUT2D eigenvalue weighted by Crippen LogP contribution is 2.20. The van der Waals surface area contributed by atoms with Crippen molar-refractivity contribution in [2.45, 2.75) is 39.7 Å². The summed E-state index contributed by atoms with van der Waals surface area (Å²) in [5, 5.41) is 31.2. The Kier molecular flexibility index (Phi) is 6.34. The Hall–Kier alpha value is -2.57. The molecule has 6 nitrogen and oxygen atoms in total. The molecular formula is C18H24N4O2. The van der Waals surface area contributed by atoms with Crippen LogP contribution in [-0.2, 0) is 11.8 Å². The third-order valence-electron chi connectivity index (χ3n) is 4.63.